The van der Waals surface area contributed by atoms with E-state index in [1.807, 2.05) is 54.9 Å². The van der Waals surface area contributed by atoms with Crippen molar-refractivity contribution < 1.29 is 4.79 Å². The standard InChI is InChI=1S/C21H21Cl2N3O/c1-4-15-5-8-17(9-6-15)21(27)24-20-13(2)25-26(14(20)3)12-16-7-10-18(22)19(23)11-16/h5-11H,4,12H2,1-3H3,(H,24,27). The van der Waals surface area contributed by atoms with Gasteiger partial charge in [0.2, 0.25) is 0 Å². The molecule has 0 atom stereocenters. The minimum atomic E-state index is -0.141. The maximum Gasteiger partial charge on any atom is 0.255 e. The van der Waals surface area contributed by atoms with Crippen LogP contribution in [0.1, 0.15) is 39.8 Å². The Morgan fingerprint density at radius 2 is 1.70 bits per heavy atom. The first-order valence-corrected chi connectivity index (χ1v) is 9.53. The van der Waals surface area contributed by atoms with Gasteiger partial charge in [0, 0.05) is 5.56 Å². The zero-order valence-electron chi connectivity index (χ0n) is 15.5. The van der Waals surface area contributed by atoms with Crippen molar-refractivity contribution >= 4 is 34.8 Å². The van der Waals surface area contributed by atoms with Gasteiger partial charge < -0.3 is 5.32 Å². The molecule has 1 heterocycles. The molecule has 0 saturated heterocycles. The second kappa shape index (κ2) is 8.15. The van der Waals surface area contributed by atoms with E-state index in [0.29, 0.717) is 22.2 Å². The van der Waals surface area contributed by atoms with Crippen molar-refractivity contribution in [1.82, 2.24) is 9.78 Å². The van der Waals surface area contributed by atoms with Crippen LogP contribution in [0.15, 0.2) is 42.5 Å². The fourth-order valence-electron chi connectivity index (χ4n) is 2.92. The van der Waals surface area contributed by atoms with Gasteiger partial charge in [-0.25, -0.2) is 0 Å². The number of carbonyl (C=O) groups is 1. The number of aromatic nitrogens is 2. The van der Waals surface area contributed by atoms with E-state index in [-0.39, 0.29) is 5.91 Å². The van der Waals surface area contributed by atoms with Crippen LogP contribution in [0.3, 0.4) is 0 Å². The summed E-state index contributed by atoms with van der Waals surface area (Å²) in [6, 6.07) is 13.2. The number of hydrogen-bond donors (Lipinski definition) is 1. The molecule has 1 amide bonds. The van der Waals surface area contributed by atoms with E-state index in [9.17, 15) is 4.79 Å². The molecular formula is C21H21Cl2N3O. The lowest BCUT2D eigenvalue weighted by molar-refractivity contribution is 0.102. The zero-order valence-corrected chi connectivity index (χ0v) is 17.0. The molecule has 0 radical (unpaired) electrons. The van der Waals surface area contributed by atoms with E-state index in [0.717, 1.165) is 29.1 Å². The molecular weight excluding hydrogens is 381 g/mol. The molecule has 3 aromatic rings. The molecule has 0 fully saturated rings. The summed E-state index contributed by atoms with van der Waals surface area (Å²) in [5.74, 6) is -0.141. The van der Waals surface area contributed by atoms with Crippen molar-refractivity contribution in [2.24, 2.45) is 0 Å². The Kier molecular flexibility index (Phi) is 5.88. The van der Waals surface area contributed by atoms with Gasteiger partial charge >= 0.3 is 0 Å². The summed E-state index contributed by atoms with van der Waals surface area (Å²) in [7, 11) is 0. The molecule has 0 spiro atoms. The van der Waals surface area contributed by atoms with E-state index in [1.54, 1.807) is 6.07 Å². The molecule has 0 aliphatic rings. The average molecular weight is 402 g/mol. The number of nitrogens with one attached hydrogen (secondary N) is 1. The molecule has 0 aliphatic heterocycles. The van der Waals surface area contributed by atoms with Crippen molar-refractivity contribution in [3.8, 4) is 0 Å². The molecule has 0 unspecified atom stereocenters. The van der Waals surface area contributed by atoms with E-state index < -0.39 is 0 Å². The number of halogens is 2. The molecule has 2 aromatic carbocycles. The Labute approximate surface area is 169 Å². The minimum Gasteiger partial charge on any atom is -0.319 e. The quantitative estimate of drug-likeness (QED) is 0.598. The summed E-state index contributed by atoms with van der Waals surface area (Å²) in [6.07, 6.45) is 0.946. The molecule has 3 rings (SSSR count). The Balaban J connectivity index is 1.80. The third kappa shape index (κ3) is 4.34. The molecule has 0 aliphatic carbocycles. The summed E-state index contributed by atoms with van der Waals surface area (Å²) in [5.41, 5.74) is 5.21. The van der Waals surface area contributed by atoms with Gasteiger partial charge in [-0.05, 0) is 55.7 Å². The third-order valence-electron chi connectivity index (χ3n) is 4.56. The monoisotopic (exact) mass is 401 g/mol. The van der Waals surface area contributed by atoms with Gasteiger partial charge in [-0.2, -0.15) is 5.10 Å². The van der Waals surface area contributed by atoms with Gasteiger partial charge in [-0.1, -0.05) is 48.3 Å². The zero-order chi connectivity index (χ0) is 19.6. The largest absolute Gasteiger partial charge is 0.319 e. The Morgan fingerprint density at radius 3 is 2.33 bits per heavy atom. The summed E-state index contributed by atoms with van der Waals surface area (Å²) in [5, 5.41) is 8.58. The highest BCUT2D eigenvalue weighted by Crippen LogP contribution is 2.25. The van der Waals surface area contributed by atoms with Crippen LogP contribution in [0.25, 0.3) is 0 Å². The first-order valence-electron chi connectivity index (χ1n) is 8.77. The SMILES string of the molecule is CCc1ccc(C(=O)Nc2c(C)nn(Cc3ccc(Cl)c(Cl)c3)c2C)cc1. The van der Waals surface area contributed by atoms with Crippen molar-refractivity contribution in [2.45, 2.75) is 33.7 Å². The number of carbonyl (C=O) groups excluding carboxylic acids is 1. The molecule has 140 valence electrons. The van der Waals surface area contributed by atoms with Gasteiger partial charge in [0.15, 0.2) is 0 Å². The van der Waals surface area contributed by atoms with Crippen LogP contribution in [0, 0.1) is 13.8 Å². The van der Waals surface area contributed by atoms with Crippen LogP contribution in [0.2, 0.25) is 10.0 Å². The number of anilines is 1. The predicted molar refractivity (Wildman–Crippen MR) is 111 cm³/mol. The summed E-state index contributed by atoms with van der Waals surface area (Å²) >= 11 is 12.1. The van der Waals surface area contributed by atoms with Crippen LogP contribution in [0.5, 0.6) is 0 Å². The van der Waals surface area contributed by atoms with Crippen molar-refractivity contribution in [3.05, 3.63) is 80.6 Å². The fourth-order valence-corrected chi connectivity index (χ4v) is 3.24. The van der Waals surface area contributed by atoms with Crippen LogP contribution >= 0.6 is 23.2 Å². The van der Waals surface area contributed by atoms with Crippen molar-refractivity contribution in [3.63, 3.8) is 0 Å². The molecule has 6 heteroatoms. The average Bonchev–Trinajstić information content (AvgIpc) is 2.92. The Hall–Kier alpha value is -2.30. The first-order chi connectivity index (χ1) is 12.9. The van der Waals surface area contributed by atoms with Crippen molar-refractivity contribution in [2.75, 3.05) is 5.32 Å². The maximum atomic E-state index is 12.6. The molecule has 1 N–H and O–H groups in total. The van der Waals surface area contributed by atoms with E-state index >= 15 is 0 Å². The fraction of sp³-hybridized carbons (Fsp3) is 0.238. The Morgan fingerprint density at radius 1 is 1.04 bits per heavy atom. The number of aryl methyl sites for hydroxylation is 2. The highest BCUT2D eigenvalue weighted by atomic mass is 35.5. The summed E-state index contributed by atoms with van der Waals surface area (Å²) < 4.78 is 1.85. The molecule has 1 aromatic heterocycles. The predicted octanol–water partition coefficient (Wildman–Crippen LogP) is 5.67. The van der Waals surface area contributed by atoms with Crippen LogP contribution < -0.4 is 5.32 Å². The highest BCUT2D eigenvalue weighted by molar-refractivity contribution is 6.42. The normalized spacial score (nSPS) is 10.9. The van der Waals surface area contributed by atoms with Crippen LogP contribution in [-0.4, -0.2) is 15.7 Å². The highest BCUT2D eigenvalue weighted by Gasteiger charge is 2.15. The van der Waals surface area contributed by atoms with E-state index in [4.69, 9.17) is 23.2 Å². The van der Waals surface area contributed by atoms with Gasteiger partial charge in [-0.3, -0.25) is 9.48 Å². The molecule has 4 nitrogen and oxygen atoms in total. The molecule has 0 bridgehead atoms. The van der Waals surface area contributed by atoms with Gasteiger partial charge in [0.05, 0.1) is 33.7 Å². The smallest absolute Gasteiger partial charge is 0.255 e. The molecule has 27 heavy (non-hydrogen) atoms. The first kappa shape index (κ1) is 19.5. The lowest BCUT2D eigenvalue weighted by atomic mass is 10.1. The maximum absolute atomic E-state index is 12.6. The van der Waals surface area contributed by atoms with Crippen LogP contribution in [0.4, 0.5) is 5.69 Å². The minimum absolute atomic E-state index is 0.141. The number of benzene rings is 2. The summed E-state index contributed by atoms with van der Waals surface area (Å²) in [6.45, 7) is 6.45. The van der Waals surface area contributed by atoms with Gasteiger partial charge in [0.25, 0.3) is 5.91 Å². The number of rotatable bonds is 5. The number of hydrogen-bond acceptors (Lipinski definition) is 2. The lowest BCUT2D eigenvalue weighted by Crippen LogP contribution is -2.13. The van der Waals surface area contributed by atoms with Crippen LogP contribution in [-0.2, 0) is 13.0 Å². The second-order valence-electron chi connectivity index (χ2n) is 6.46. The van der Waals surface area contributed by atoms with Gasteiger partial charge in [-0.15, -0.1) is 0 Å². The second-order valence-corrected chi connectivity index (χ2v) is 7.27. The van der Waals surface area contributed by atoms with E-state index in [2.05, 4.69) is 17.3 Å². The Bertz CT molecular complexity index is 978. The topological polar surface area (TPSA) is 46.9 Å². The molecule has 0 saturated carbocycles. The van der Waals surface area contributed by atoms with Crippen molar-refractivity contribution in [1.29, 1.82) is 0 Å². The van der Waals surface area contributed by atoms with E-state index in [1.165, 1.54) is 5.56 Å². The summed E-state index contributed by atoms with van der Waals surface area (Å²) in [4.78, 5) is 12.6. The number of amides is 1. The lowest BCUT2D eigenvalue weighted by Gasteiger charge is -2.08. The third-order valence-corrected chi connectivity index (χ3v) is 5.30. The number of nitrogens with zero attached hydrogens (tertiary/aromatic N) is 2. The van der Waals surface area contributed by atoms with Gasteiger partial charge in [0.1, 0.15) is 0 Å².